The second kappa shape index (κ2) is 8.55. The van der Waals surface area contributed by atoms with Crippen LogP contribution in [0.1, 0.15) is 55.2 Å². The van der Waals surface area contributed by atoms with Gasteiger partial charge in [0.25, 0.3) is 0 Å². The maximum absolute atomic E-state index is 12.6. The number of para-hydroxylation sites is 1. The lowest BCUT2D eigenvalue weighted by atomic mass is 10.1. The number of nitrogens with two attached hydrogens (primary N) is 1. The largest absolute Gasteiger partial charge is 0.370 e. The quantitative estimate of drug-likeness (QED) is 0.492. The molecule has 2 aromatic rings. The molecule has 0 radical (unpaired) electrons. The summed E-state index contributed by atoms with van der Waals surface area (Å²) in [5, 5.41) is 11.4. The highest BCUT2D eigenvalue weighted by atomic mass is 32.2. The van der Waals surface area contributed by atoms with Gasteiger partial charge in [0, 0.05) is 24.4 Å². The summed E-state index contributed by atoms with van der Waals surface area (Å²) in [5.41, 5.74) is 6.24. The first kappa shape index (κ1) is 20.1. The number of amides is 2. The highest BCUT2D eigenvalue weighted by molar-refractivity contribution is 8.00. The van der Waals surface area contributed by atoms with Gasteiger partial charge in [0.2, 0.25) is 11.8 Å². The third-order valence-corrected chi connectivity index (χ3v) is 5.57. The molecule has 0 bridgehead atoms. The fourth-order valence-corrected chi connectivity index (χ4v) is 3.69. The van der Waals surface area contributed by atoms with E-state index in [1.165, 1.54) is 18.7 Å². The first-order chi connectivity index (χ1) is 13.4. The number of hydrogen-bond donors (Lipinski definition) is 2. The topological polar surface area (TPSA) is 120 Å². The smallest absolute Gasteiger partial charge is 0.237 e. The lowest BCUT2D eigenvalue weighted by Crippen LogP contribution is -2.24. The molecule has 1 saturated carbocycles. The van der Waals surface area contributed by atoms with E-state index < -0.39 is 11.2 Å². The second-order valence-corrected chi connectivity index (χ2v) is 8.14. The lowest BCUT2D eigenvalue weighted by Gasteiger charge is -2.14. The van der Waals surface area contributed by atoms with Gasteiger partial charge in [0.05, 0.1) is 10.9 Å². The van der Waals surface area contributed by atoms with E-state index in [2.05, 4.69) is 15.5 Å². The molecule has 1 aromatic carbocycles. The van der Waals surface area contributed by atoms with Crippen molar-refractivity contribution in [3.63, 3.8) is 0 Å². The molecule has 2 amide bonds. The van der Waals surface area contributed by atoms with Crippen molar-refractivity contribution in [2.45, 2.75) is 56.0 Å². The van der Waals surface area contributed by atoms with E-state index in [1.807, 2.05) is 4.57 Å². The first-order valence-electron chi connectivity index (χ1n) is 9.15. The minimum atomic E-state index is -0.469. The number of benzene rings is 1. The summed E-state index contributed by atoms with van der Waals surface area (Å²) >= 11 is 1.27. The fraction of sp³-hybridized carbons (Fsp3) is 0.421. The summed E-state index contributed by atoms with van der Waals surface area (Å²) in [4.78, 5) is 35.6. The Bertz CT molecular complexity index is 907. The Kier molecular flexibility index (Phi) is 6.13. The summed E-state index contributed by atoms with van der Waals surface area (Å²) in [5.74, 6) is 0.463. The molecule has 1 atom stereocenters. The molecule has 1 unspecified atom stereocenters. The molecule has 9 heteroatoms. The Balaban J connectivity index is 1.72. The van der Waals surface area contributed by atoms with E-state index in [0.29, 0.717) is 28.9 Å². The molecule has 3 rings (SSSR count). The van der Waals surface area contributed by atoms with Crippen molar-refractivity contribution >= 4 is 35.0 Å². The second-order valence-electron chi connectivity index (χ2n) is 6.83. The maximum atomic E-state index is 12.6. The number of hydrogen-bond acceptors (Lipinski definition) is 6. The third-order valence-electron chi connectivity index (χ3n) is 4.49. The average Bonchev–Trinajstić information content (AvgIpc) is 3.42. The summed E-state index contributed by atoms with van der Waals surface area (Å²) in [6, 6.07) is 6.90. The number of thioether (sulfide) groups is 1. The predicted molar refractivity (Wildman–Crippen MR) is 106 cm³/mol. The number of primary amides is 1. The zero-order chi connectivity index (χ0) is 20.3. The van der Waals surface area contributed by atoms with E-state index in [0.717, 1.165) is 18.7 Å². The molecule has 148 valence electrons. The molecule has 28 heavy (non-hydrogen) atoms. The van der Waals surface area contributed by atoms with Gasteiger partial charge in [-0.3, -0.25) is 14.4 Å². The Hall–Kier alpha value is -2.68. The molecule has 1 aliphatic rings. The van der Waals surface area contributed by atoms with Crippen molar-refractivity contribution in [2.75, 3.05) is 5.32 Å². The summed E-state index contributed by atoms with van der Waals surface area (Å²) < 4.78 is 1.89. The van der Waals surface area contributed by atoms with Gasteiger partial charge < -0.3 is 15.6 Å². The number of nitrogens with zero attached hydrogens (tertiary/aromatic N) is 3. The van der Waals surface area contributed by atoms with E-state index in [9.17, 15) is 14.4 Å². The Labute approximate surface area is 167 Å². The standard InChI is InChI=1S/C19H23N5O3S/c1-11(25)14-5-3-4-6-15(14)21-18(27)12(2)28-19-23-22-17(13-7-8-13)24(19)10-9-16(20)26/h3-6,12-13H,7-10H2,1-2H3,(H2,20,26)(H,21,27). The molecule has 0 spiro atoms. The van der Waals surface area contributed by atoms with Crippen LogP contribution in [-0.2, 0) is 16.1 Å². The van der Waals surface area contributed by atoms with Crippen molar-refractivity contribution in [3.05, 3.63) is 35.7 Å². The van der Waals surface area contributed by atoms with Gasteiger partial charge in [-0.05, 0) is 38.8 Å². The van der Waals surface area contributed by atoms with Crippen molar-refractivity contribution in [1.29, 1.82) is 0 Å². The molecule has 1 heterocycles. The number of ketones is 1. The fourth-order valence-electron chi connectivity index (χ4n) is 2.81. The number of carbonyl (C=O) groups excluding carboxylic acids is 3. The van der Waals surface area contributed by atoms with Crippen molar-refractivity contribution in [3.8, 4) is 0 Å². The van der Waals surface area contributed by atoms with Crippen LogP contribution in [0.3, 0.4) is 0 Å². The number of aromatic nitrogens is 3. The Morgan fingerprint density at radius 1 is 1.29 bits per heavy atom. The van der Waals surface area contributed by atoms with Gasteiger partial charge in [-0.1, -0.05) is 23.9 Å². The van der Waals surface area contributed by atoms with Crippen molar-refractivity contribution in [2.24, 2.45) is 5.73 Å². The Morgan fingerprint density at radius 3 is 2.64 bits per heavy atom. The molecule has 3 N–H and O–H groups in total. The minimum Gasteiger partial charge on any atom is -0.370 e. The number of Topliss-reactive ketones (excluding diaryl/α,β-unsaturated/α-hetero) is 1. The van der Waals surface area contributed by atoms with E-state index in [4.69, 9.17) is 5.73 Å². The van der Waals surface area contributed by atoms with E-state index >= 15 is 0 Å². The van der Waals surface area contributed by atoms with E-state index in [-0.39, 0.29) is 18.1 Å². The Morgan fingerprint density at radius 2 is 2.00 bits per heavy atom. The summed E-state index contributed by atoms with van der Waals surface area (Å²) in [7, 11) is 0. The van der Waals surface area contributed by atoms with Crippen LogP contribution in [0.5, 0.6) is 0 Å². The van der Waals surface area contributed by atoms with Gasteiger partial charge in [-0.25, -0.2) is 0 Å². The minimum absolute atomic E-state index is 0.114. The van der Waals surface area contributed by atoms with Crippen LogP contribution in [-0.4, -0.2) is 37.6 Å². The van der Waals surface area contributed by atoms with Crippen LogP contribution >= 0.6 is 11.8 Å². The molecule has 0 saturated heterocycles. The van der Waals surface area contributed by atoms with Crippen LogP contribution in [0.4, 0.5) is 5.69 Å². The van der Waals surface area contributed by atoms with Gasteiger partial charge in [-0.2, -0.15) is 0 Å². The van der Waals surface area contributed by atoms with Gasteiger partial charge in [0.15, 0.2) is 10.9 Å². The lowest BCUT2D eigenvalue weighted by molar-refractivity contribution is -0.118. The normalized spacial score (nSPS) is 14.5. The predicted octanol–water partition coefficient (Wildman–Crippen LogP) is 2.35. The first-order valence-corrected chi connectivity index (χ1v) is 10.0. The molecular formula is C19H23N5O3S. The number of nitrogens with one attached hydrogen (secondary N) is 1. The highest BCUT2D eigenvalue weighted by Crippen LogP contribution is 2.40. The van der Waals surface area contributed by atoms with Crippen LogP contribution in [0.25, 0.3) is 0 Å². The van der Waals surface area contributed by atoms with Crippen molar-refractivity contribution in [1.82, 2.24) is 14.8 Å². The van der Waals surface area contributed by atoms with Gasteiger partial charge in [-0.15, -0.1) is 10.2 Å². The molecule has 0 aliphatic heterocycles. The van der Waals surface area contributed by atoms with Crippen LogP contribution in [0.15, 0.2) is 29.4 Å². The SMILES string of the molecule is CC(=O)c1ccccc1NC(=O)C(C)Sc1nnc(C2CC2)n1CCC(N)=O. The summed E-state index contributed by atoms with van der Waals surface area (Å²) in [6.45, 7) is 3.63. The highest BCUT2D eigenvalue weighted by Gasteiger charge is 2.31. The summed E-state index contributed by atoms with van der Waals surface area (Å²) in [6.07, 6.45) is 2.30. The average molecular weight is 401 g/mol. The maximum Gasteiger partial charge on any atom is 0.237 e. The van der Waals surface area contributed by atoms with Crippen LogP contribution in [0, 0.1) is 0 Å². The molecule has 8 nitrogen and oxygen atoms in total. The molecular weight excluding hydrogens is 378 g/mol. The zero-order valence-corrected chi connectivity index (χ0v) is 16.7. The molecule has 1 fully saturated rings. The number of carbonyl (C=O) groups is 3. The van der Waals surface area contributed by atoms with E-state index in [1.54, 1.807) is 31.2 Å². The third kappa shape index (κ3) is 4.78. The monoisotopic (exact) mass is 401 g/mol. The molecule has 1 aromatic heterocycles. The van der Waals surface area contributed by atoms with Crippen LogP contribution in [0.2, 0.25) is 0 Å². The molecule has 1 aliphatic carbocycles. The number of rotatable bonds is 9. The van der Waals surface area contributed by atoms with Crippen LogP contribution < -0.4 is 11.1 Å². The van der Waals surface area contributed by atoms with Gasteiger partial charge >= 0.3 is 0 Å². The van der Waals surface area contributed by atoms with Crippen molar-refractivity contribution < 1.29 is 14.4 Å². The zero-order valence-electron chi connectivity index (χ0n) is 15.8. The van der Waals surface area contributed by atoms with Gasteiger partial charge in [0.1, 0.15) is 5.82 Å². The number of anilines is 1.